The SMILES string of the molecule is CN/C=C/C(Cl)[Si](C)(C)C. The van der Waals surface area contributed by atoms with Gasteiger partial charge in [0.25, 0.3) is 0 Å². The molecule has 0 aliphatic heterocycles. The van der Waals surface area contributed by atoms with E-state index in [2.05, 4.69) is 25.0 Å². The quantitative estimate of drug-likeness (QED) is 0.515. The summed E-state index contributed by atoms with van der Waals surface area (Å²) in [6, 6.07) is 0. The highest BCUT2D eigenvalue weighted by molar-refractivity contribution is 6.84. The van der Waals surface area contributed by atoms with Crippen molar-refractivity contribution < 1.29 is 0 Å². The van der Waals surface area contributed by atoms with E-state index >= 15 is 0 Å². The zero-order valence-corrected chi connectivity index (χ0v) is 8.87. The molecule has 0 saturated heterocycles. The molecule has 1 unspecified atom stereocenters. The van der Waals surface area contributed by atoms with E-state index in [1.54, 1.807) is 0 Å². The van der Waals surface area contributed by atoms with Gasteiger partial charge >= 0.3 is 0 Å². The first kappa shape index (κ1) is 10.0. The fraction of sp³-hybridized carbons (Fsp3) is 0.714. The molecule has 0 saturated carbocycles. The van der Waals surface area contributed by atoms with Crippen molar-refractivity contribution in [3.63, 3.8) is 0 Å². The molecule has 0 aromatic rings. The first-order valence-corrected chi connectivity index (χ1v) is 7.48. The van der Waals surface area contributed by atoms with Gasteiger partial charge in [-0.1, -0.05) is 25.7 Å². The molecule has 0 rings (SSSR count). The first-order valence-electron chi connectivity index (χ1n) is 3.46. The summed E-state index contributed by atoms with van der Waals surface area (Å²) in [5, 5.41) is 3.16. The number of halogens is 1. The fourth-order valence-corrected chi connectivity index (χ4v) is 1.22. The van der Waals surface area contributed by atoms with Gasteiger partial charge in [0, 0.05) is 12.0 Å². The van der Waals surface area contributed by atoms with Gasteiger partial charge in [-0.05, 0) is 6.20 Å². The molecule has 0 aromatic heterocycles. The highest BCUT2D eigenvalue weighted by atomic mass is 35.5. The minimum absolute atomic E-state index is 0.236. The maximum absolute atomic E-state index is 6.07. The van der Waals surface area contributed by atoms with Gasteiger partial charge in [-0.25, -0.2) is 0 Å². The zero-order valence-electron chi connectivity index (χ0n) is 7.11. The van der Waals surface area contributed by atoms with Crippen LogP contribution in [0.5, 0.6) is 0 Å². The second-order valence-corrected chi connectivity index (χ2v) is 9.61. The number of hydrogen-bond donors (Lipinski definition) is 1. The largest absolute Gasteiger partial charge is 0.394 e. The Balaban J connectivity index is 3.84. The monoisotopic (exact) mass is 177 g/mol. The molecule has 0 fully saturated rings. The molecule has 0 bridgehead atoms. The van der Waals surface area contributed by atoms with Crippen molar-refractivity contribution in [2.45, 2.75) is 24.6 Å². The van der Waals surface area contributed by atoms with E-state index in [4.69, 9.17) is 11.6 Å². The summed E-state index contributed by atoms with van der Waals surface area (Å²) >= 11 is 6.07. The summed E-state index contributed by atoms with van der Waals surface area (Å²) in [5.74, 6) is 0. The number of nitrogens with one attached hydrogen (secondary N) is 1. The number of hydrogen-bond acceptors (Lipinski definition) is 1. The molecule has 0 spiro atoms. The molecular weight excluding hydrogens is 162 g/mol. The predicted octanol–water partition coefficient (Wildman–Crippen LogP) is 2.20. The molecule has 3 heteroatoms. The van der Waals surface area contributed by atoms with E-state index in [-0.39, 0.29) is 5.00 Å². The van der Waals surface area contributed by atoms with Crippen molar-refractivity contribution >= 4 is 19.7 Å². The van der Waals surface area contributed by atoms with Crippen LogP contribution in [0.4, 0.5) is 0 Å². The Morgan fingerprint density at radius 1 is 1.40 bits per heavy atom. The highest BCUT2D eigenvalue weighted by Gasteiger charge is 2.21. The second-order valence-electron chi connectivity index (χ2n) is 3.42. The molecule has 1 N–H and O–H groups in total. The molecule has 0 aliphatic rings. The molecule has 10 heavy (non-hydrogen) atoms. The van der Waals surface area contributed by atoms with Gasteiger partial charge in [0.1, 0.15) is 0 Å². The first-order chi connectivity index (χ1) is 4.48. The number of alkyl halides is 1. The topological polar surface area (TPSA) is 12.0 Å². The third-order valence-electron chi connectivity index (χ3n) is 1.26. The Morgan fingerprint density at radius 3 is 2.20 bits per heavy atom. The summed E-state index contributed by atoms with van der Waals surface area (Å²) in [4.78, 5) is 0. The van der Waals surface area contributed by atoms with Crippen molar-refractivity contribution in [2.24, 2.45) is 0 Å². The van der Waals surface area contributed by atoms with Gasteiger partial charge in [-0.15, -0.1) is 11.6 Å². The van der Waals surface area contributed by atoms with Crippen LogP contribution in [0.2, 0.25) is 19.6 Å². The van der Waals surface area contributed by atoms with Crippen molar-refractivity contribution in [3.05, 3.63) is 12.3 Å². The Labute approximate surface area is 69.5 Å². The Morgan fingerprint density at radius 2 is 1.90 bits per heavy atom. The lowest BCUT2D eigenvalue weighted by atomic mass is 10.7. The number of rotatable bonds is 3. The maximum Gasteiger partial charge on any atom is 0.0697 e. The highest BCUT2D eigenvalue weighted by Crippen LogP contribution is 2.14. The van der Waals surface area contributed by atoms with Crippen LogP contribution in [0, 0.1) is 0 Å². The van der Waals surface area contributed by atoms with Crippen LogP contribution in [0.25, 0.3) is 0 Å². The van der Waals surface area contributed by atoms with Crippen LogP contribution >= 0.6 is 11.6 Å². The molecule has 1 nitrogen and oxygen atoms in total. The van der Waals surface area contributed by atoms with Crippen LogP contribution in [0.3, 0.4) is 0 Å². The number of allylic oxidation sites excluding steroid dienone is 1. The molecule has 0 aliphatic carbocycles. The maximum atomic E-state index is 6.07. The molecule has 0 radical (unpaired) electrons. The van der Waals surface area contributed by atoms with Crippen molar-refractivity contribution in [1.29, 1.82) is 0 Å². The Kier molecular flexibility index (Phi) is 4.06. The summed E-state index contributed by atoms with van der Waals surface area (Å²) < 4.78 is 0. The van der Waals surface area contributed by atoms with Gasteiger partial charge in [-0.2, -0.15) is 0 Å². The lowest BCUT2D eigenvalue weighted by Crippen LogP contribution is -2.32. The van der Waals surface area contributed by atoms with Crippen LogP contribution in [0.1, 0.15) is 0 Å². The third-order valence-corrected chi connectivity index (χ3v) is 5.22. The minimum atomic E-state index is -1.16. The van der Waals surface area contributed by atoms with E-state index < -0.39 is 8.07 Å². The van der Waals surface area contributed by atoms with E-state index in [0.717, 1.165) is 0 Å². The normalized spacial score (nSPS) is 15.7. The average Bonchev–Trinajstić information content (AvgIpc) is 1.80. The van der Waals surface area contributed by atoms with Crippen molar-refractivity contribution in [1.82, 2.24) is 5.32 Å². The van der Waals surface area contributed by atoms with Gasteiger partial charge in [-0.3, -0.25) is 0 Å². The summed E-state index contributed by atoms with van der Waals surface area (Å²) in [6.07, 6.45) is 3.92. The molecule has 60 valence electrons. The van der Waals surface area contributed by atoms with Crippen LogP contribution < -0.4 is 5.32 Å². The lowest BCUT2D eigenvalue weighted by molar-refractivity contribution is 1.09. The van der Waals surface area contributed by atoms with Crippen molar-refractivity contribution in [3.8, 4) is 0 Å². The molecule has 0 heterocycles. The van der Waals surface area contributed by atoms with Gasteiger partial charge in [0.2, 0.25) is 0 Å². The molecule has 0 aromatic carbocycles. The fourth-order valence-electron chi connectivity index (χ4n) is 0.469. The Hall–Kier alpha value is 0.0469. The summed E-state index contributed by atoms with van der Waals surface area (Å²) in [6.45, 7) is 6.76. The third kappa shape index (κ3) is 3.96. The Bertz CT molecular complexity index is 117. The molecular formula is C7H16ClNSi. The van der Waals surface area contributed by atoms with Gasteiger partial charge in [0.05, 0.1) is 8.07 Å². The average molecular weight is 178 g/mol. The second kappa shape index (κ2) is 4.04. The van der Waals surface area contributed by atoms with E-state index in [0.29, 0.717) is 0 Å². The molecule has 0 amide bonds. The van der Waals surface area contributed by atoms with Crippen LogP contribution in [0.15, 0.2) is 12.3 Å². The summed E-state index contributed by atoms with van der Waals surface area (Å²) in [7, 11) is 0.720. The summed E-state index contributed by atoms with van der Waals surface area (Å²) in [5.41, 5.74) is 0. The van der Waals surface area contributed by atoms with Crippen LogP contribution in [-0.4, -0.2) is 20.1 Å². The standard InChI is InChI=1S/C7H16ClNSi/c1-9-6-5-7(8)10(2,3)4/h5-7,9H,1-4H3/b6-5+. The smallest absolute Gasteiger partial charge is 0.0697 e. The molecule has 1 atom stereocenters. The van der Waals surface area contributed by atoms with Gasteiger partial charge in [0.15, 0.2) is 0 Å². The van der Waals surface area contributed by atoms with Gasteiger partial charge < -0.3 is 5.32 Å². The van der Waals surface area contributed by atoms with E-state index in [9.17, 15) is 0 Å². The van der Waals surface area contributed by atoms with E-state index in [1.807, 2.05) is 19.3 Å². The van der Waals surface area contributed by atoms with Crippen LogP contribution in [-0.2, 0) is 0 Å². The van der Waals surface area contributed by atoms with Crippen molar-refractivity contribution in [2.75, 3.05) is 7.05 Å². The lowest BCUT2D eigenvalue weighted by Gasteiger charge is -2.19. The zero-order chi connectivity index (χ0) is 8.20. The minimum Gasteiger partial charge on any atom is -0.394 e. The van der Waals surface area contributed by atoms with E-state index in [1.165, 1.54) is 0 Å². The predicted molar refractivity (Wildman–Crippen MR) is 51.2 cm³/mol.